The van der Waals surface area contributed by atoms with E-state index in [9.17, 15) is 0 Å². The van der Waals surface area contributed by atoms with Crippen molar-refractivity contribution in [3.05, 3.63) is 0 Å². The van der Waals surface area contributed by atoms with Crippen LogP contribution in [0.1, 0.15) is 0 Å². The molecule has 0 saturated carbocycles. The zero-order valence-electron chi connectivity index (χ0n) is 5.09. The molecule has 12 heteroatoms. The summed E-state index contributed by atoms with van der Waals surface area (Å²) in [5, 5.41) is 0. The van der Waals surface area contributed by atoms with Crippen LogP contribution >= 0.6 is 7.82 Å². The standard InChI is InChI=1S/Ag.H3O4P.O4Si.Zr/c;2*1-5(2,3)4;/h;(H3,1,2,3,4);;/q+1;;-4;+4/p-1. The molecule has 0 radical (unpaired) electrons. The first-order valence-electron chi connectivity index (χ1n) is 1.58. The van der Waals surface area contributed by atoms with E-state index in [2.05, 4.69) is 0 Å². The van der Waals surface area contributed by atoms with Crippen molar-refractivity contribution in [2.75, 3.05) is 0 Å². The molecule has 0 bridgehead atoms. The number of rotatable bonds is 0. The van der Waals surface area contributed by atoms with E-state index in [0.29, 0.717) is 0 Å². The van der Waals surface area contributed by atoms with Gasteiger partial charge in [0, 0.05) is 0 Å². The van der Waals surface area contributed by atoms with Gasteiger partial charge in [-0.25, -0.2) is 0 Å². The van der Waals surface area contributed by atoms with Crippen molar-refractivity contribution in [2.24, 2.45) is 0 Å². The first-order chi connectivity index (χ1) is 4.00. The Morgan fingerprint density at radius 1 is 1.08 bits per heavy atom. The van der Waals surface area contributed by atoms with Crippen molar-refractivity contribution >= 4 is 16.9 Å². The van der Waals surface area contributed by atoms with Crippen LogP contribution in [0.25, 0.3) is 0 Å². The zero-order valence-corrected chi connectivity index (χ0v) is 10.9. The summed E-state index contributed by atoms with van der Waals surface area (Å²) in [5.41, 5.74) is 0. The minimum atomic E-state index is -5.61. The maximum atomic E-state index is 8.77. The van der Waals surface area contributed by atoms with Crippen molar-refractivity contribution in [1.29, 1.82) is 0 Å². The van der Waals surface area contributed by atoms with Gasteiger partial charge < -0.3 is 42.9 Å². The van der Waals surface area contributed by atoms with Crippen molar-refractivity contribution in [3.8, 4) is 0 Å². The average Bonchev–Trinajstić information content (AvgIpc) is 1.12. The third-order valence-corrected chi connectivity index (χ3v) is 0. The molecule has 0 spiro atoms. The molecule has 74 valence electrons. The molecule has 0 fully saturated rings. The Hall–Kier alpha value is 1.79. The monoisotopic (exact) mass is 386 g/mol. The van der Waals surface area contributed by atoms with E-state index in [4.69, 9.17) is 38.4 Å². The molecule has 0 aliphatic heterocycles. The van der Waals surface area contributed by atoms with Crippen LogP contribution in [0, 0.1) is 0 Å². The largest absolute Gasteiger partial charge is 4.00 e. The summed E-state index contributed by atoms with van der Waals surface area (Å²) < 4.78 is 8.77. The van der Waals surface area contributed by atoms with Crippen molar-refractivity contribution in [2.45, 2.75) is 0 Å². The van der Waals surface area contributed by atoms with Crippen molar-refractivity contribution in [1.82, 2.24) is 0 Å². The van der Waals surface area contributed by atoms with Gasteiger partial charge in [-0.3, -0.25) is 4.57 Å². The normalized spacial score (nSPS) is 9.92. The van der Waals surface area contributed by atoms with E-state index in [1.54, 1.807) is 0 Å². The van der Waals surface area contributed by atoms with Crippen LogP contribution in [0.4, 0.5) is 0 Å². The molecule has 0 aliphatic carbocycles. The maximum Gasteiger partial charge on any atom is 4.00 e. The van der Waals surface area contributed by atoms with E-state index in [1.165, 1.54) is 0 Å². The van der Waals surface area contributed by atoms with E-state index in [0.717, 1.165) is 0 Å². The fourth-order valence-corrected chi connectivity index (χ4v) is 0. The molecule has 2 N–H and O–H groups in total. The van der Waals surface area contributed by atoms with Crippen LogP contribution in [0.3, 0.4) is 0 Å². The molecule has 0 aromatic heterocycles. The molecule has 0 aliphatic rings. The summed E-state index contributed by atoms with van der Waals surface area (Å²) in [6.07, 6.45) is 0. The molecule has 0 saturated heterocycles. The Bertz CT molecular complexity index is 111. The molecule has 12 heavy (non-hydrogen) atoms. The first kappa shape index (κ1) is 23.5. The minimum absolute atomic E-state index is 0. The summed E-state index contributed by atoms with van der Waals surface area (Å²) in [5.74, 6) is 0. The molecule has 0 aromatic rings. The fourth-order valence-electron chi connectivity index (χ4n) is 0. The van der Waals surface area contributed by atoms with Gasteiger partial charge in [-0.05, 0) is 0 Å². The molecular weight excluding hydrogens is 386 g/mol. The second-order valence-electron chi connectivity index (χ2n) is 0.991. The van der Waals surface area contributed by atoms with Crippen LogP contribution in [-0.4, -0.2) is 18.8 Å². The van der Waals surface area contributed by atoms with Gasteiger partial charge >= 0.3 is 48.6 Å². The predicted molar refractivity (Wildman–Crippen MR) is 17.8 cm³/mol. The van der Waals surface area contributed by atoms with Crippen molar-refractivity contribution in [3.63, 3.8) is 0 Å². The van der Waals surface area contributed by atoms with Crippen LogP contribution in [0.5, 0.6) is 0 Å². The molecular formula is H2AgO8PSiZr. The summed E-state index contributed by atoms with van der Waals surface area (Å²) in [4.78, 5) is 57.2. The van der Waals surface area contributed by atoms with Gasteiger partial charge in [0.2, 0.25) is 0 Å². The first-order valence-corrected chi connectivity index (χ1v) is 4.74. The predicted octanol–water partition coefficient (Wildman–Crippen LogP) is -6.70. The van der Waals surface area contributed by atoms with E-state index in [-0.39, 0.29) is 48.6 Å². The van der Waals surface area contributed by atoms with Crippen LogP contribution in [0.2, 0.25) is 0 Å². The Kier molecular flexibility index (Phi) is 18.3. The second-order valence-corrected chi connectivity index (χ2v) is 2.97. The third-order valence-electron chi connectivity index (χ3n) is 0. The van der Waals surface area contributed by atoms with Gasteiger partial charge in [-0.15, -0.1) is 0 Å². The fraction of sp³-hybridized carbons (Fsp3) is 0. The smallest absolute Gasteiger partial charge is 0.894 e. The Morgan fingerprint density at radius 3 is 1.08 bits per heavy atom. The summed E-state index contributed by atoms with van der Waals surface area (Å²) in [6, 6.07) is 0. The SMILES string of the molecule is O=P([O-])(O)O.[Ag+].[O-][Si]([O-])([O-])[O-].[Zr+4]. The van der Waals surface area contributed by atoms with Crippen molar-refractivity contribution < 1.29 is 87.0 Å². The Morgan fingerprint density at radius 2 is 1.08 bits per heavy atom. The van der Waals surface area contributed by atoms with E-state index in [1.807, 2.05) is 0 Å². The quantitative estimate of drug-likeness (QED) is 0.304. The van der Waals surface area contributed by atoms with Gasteiger partial charge in [0.15, 0.2) is 0 Å². The summed E-state index contributed by atoms with van der Waals surface area (Å²) in [6.45, 7) is 0. The van der Waals surface area contributed by atoms with Gasteiger partial charge in [0.05, 0.1) is 0 Å². The number of hydrogen-bond acceptors (Lipinski definition) is 6. The molecule has 0 heterocycles. The van der Waals surface area contributed by atoms with Gasteiger partial charge in [-0.2, -0.15) is 0 Å². The summed E-state index contributed by atoms with van der Waals surface area (Å²) in [7, 11) is -10.5. The van der Waals surface area contributed by atoms with Crippen LogP contribution < -0.4 is 24.1 Å². The van der Waals surface area contributed by atoms with E-state index < -0.39 is 16.9 Å². The summed E-state index contributed by atoms with van der Waals surface area (Å²) >= 11 is 0. The van der Waals surface area contributed by atoms with Crippen LogP contribution in [0.15, 0.2) is 0 Å². The molecule has 0 atom stereocenters. The maximum absolute atomic E-state index is 8.77. The van der Waals surface area contributed by atoms with Crippen LogP contribution in [-0.2, 0) is 53.1 Å². The topological polar surface area (TPSA) is 173 Å². The number of hydrogen-bond donors (Lipinski definition) is 2. The molecule has 0 amide bonds. The molecule has 0 unspecified atom stereocenters. The zero-order chi connectivity index (χ0) is 9.00. The van der Waals surface area contributed by atoms with E-state index >= 15 is 0 Å². The Labute approximate surface area is 103 Å². The Balaban J connectivity index is -0.0000000457. The number of phosphoric acid groups is 1. The van der Waals surface area contributed by atoms with Gasteiger partial charge in [0.25, 0.3) is 7.82 Å². The molecule has 8 nitrogen and oxygen atoms in total. The van der Waals surface area contributed by atoms with Gasteiger partial charge in [0.1, 0.15) is 0 Å². The third kappa shape index (κ3) is 428. The molecule has 0 aromatic carbocycles. The second kappa shape index (κ2) is 9.35. The average molecular weight is 388 g/mol. The minimum Gasteiger partial charge on any atom is -0.894 e. The van der Waals surface area contributed by atoms with Gasteiger partial charge in [-0.1, -0.05) is 0 Å². The molecule has 0 rings (SSSR count).